The van der Waals surface area contributed by atoms with Crippen LogP contribution in [-0.2, 0) is 19.6 Å². The van der Waals surface area contributed by atoms with Crippen molar-refractivity contribution >= 4 is 27.6 Å². The molecule has 17 heavy (non-hydrogen) atoms. The lowest BCUT2D eigenvalue weighted by atomic mass is 10.1. The molecule has 5 nitrogen and oxygen atoms in total. The van der Waals surface area contributed by atoms with Gasteiger partial charge < -0.3 is 4.74 Å². The standard InChI is InChI=1S/C10H20ClNO4S/c1-8(2)9(10(13)16-3)12-17(14,15)7-5-4-6-11/h8-9,12H,4-7H2,1-3H3/t9-/m0/s1. The van der Waals surface area contributed by atoms with Crippen LogP contribution in [0.4, 0.5) is 0 Å². The molecule has 0 aliphatic heterocycles. The number of rotatable bonds is 8. The second kappa shape index (κ2) is 7.89. The van der Waals surface area contributed by atoms with Crippen molar-refractivity contribution in [1.29, 1.82) is 0 Å². The maximum Gasteiger partial charge on any atom is 0.324 e. The van der Waals surface area contributed by atoms with Crippen LogP contribution in [-0.4, -0.2) is 39.2 Å². The largest absolute Gasteiger partial charge is 0.468 e. The maximum absolute atomic E-state index is 11.7. The summed E-state index contributed by atoms with van der Waals surface area (Å²) < 4.78 is 30.3. The van der Waals surface area contributed by atoms with Crippen LogP contribution in [0.25, 0.3) is 0 Å². The molecule has 0 spiro atoms. The van der Waals surface area contributed by atoms with Gasteiger partial charge in [-0.1, -0.05) is 13.8 Å². The normalized spacial score (nSPS) is 13.7. The van der Waals surface area contributed by atoms with E-state index in [1.54, 1.807) is 13.8 Å². The van der Waals surface area contributed by atoms with Crippen molar-refractivity contribution in [1.82, 2.24) is 4.72 Å². The third-order valence-electron chi connectivity index (χ3n) is 2.23. The average molecular weight is 286 g/mol. The highest BCUT2D eigenvalue weighted by molar-refractivity contribution is 7.89. The van der Waals surface area contributed by atoms with E-state index < -0.39 is 22.0 Å². The molecule has 0 unspecified atom stereocenters. The van der Waals surface area contributed by atoms with Gasteiger partial charge in [-0.3, -0.25) is 4.79 Å². The Morgan fingerprint density at radius 2 is 1.94 bits per heavy atom. The number of hydrogen-bond acceptors (Lipinski definition) is 4. The summed E-state index contributed by atoms with van der Waals surface area (Å²) in [6, 6.07) is -0.832. The molecule has 1 N–H and O–H groups in total. The summed E-state index contributed by atoms with van der Waals surface area (Å²) in [4.78, 5) is 11.4. The van der Waals surface area contributed by atoms with Crippen molar-refractivity contribution in [2.24, 2.45) is 5.92 Å². The molecule has 0 amide bonds. The minimum absolute atomic E-state index is 0.0278. The molecule has 0 saturated carbocycles. The first-order valence-corrected chi connectivity index (χ1v) is 7.66. The highest BCUT2D eigenvalue weighted by Crippen LogP contribution is 2.06. The number of unbranched alkanes of at least 4 members (excludes halogenated alkanes) is 1. The zero-order valence-electron chi connectivity index (χ0n) is 10.4. The molecule has 0 aromatic heterocycles. The van der Waals surface area contributed by atoms with Gasteiger partial charge in [0.05, 0.1) is 12.9 Å². The summed E-state index contributed by atoms with van der Waals surface area (Å²) in [6.07, 6.45) is 1.11. The summed E-state index contributed by atoms with van der Waals surface area (Å²) in [5.74, 6) is -0.328. The van der Waals surface area contributed by atoms with Crippen LogP contribution < -0.4 is 4.72 Å². The van der Waals surface area contributed by atoms with Gasteiger partial charge in [0, 0.05) is 5.88 Å². The molecule has 0 saturated heterocycles. The number of halogens is 1. The summed E-state index contributed by atoms with van der Waals surface area (Å²) in [6.45, 7) is 3.51. The number of carbonyl (C=O) groups excluding carboxylic acids is 1. The smallest absolute Gasteiger partial charge is 0.324 e. The maximum atomic E-state index is 11.7. The SMILES string of the molecule is COC(=O)[C@@H](NS(=O)(=O)CCCCCl)C(C)C. The van der Waals surface area contributed by atoms with E-state index in [0.29, 0.717) is 18.7 Å². The van der Waals surface area contributed by atoms with Gasteiger partial charge in [-0.25, -0.2) is 13.1 Å². The quantitative estimate of drug-likeness (QED) is 0.412. The zero-order chi connectivity index (χ0) is 13.5. The Kier molecular flexibility index (Phi) is 7.74. The van der Waals surface area contributed by atoms with E-state index in [4.69, 9.17) is 11.6 Å². The minimum atomic E-state index is -3.46. The van der Waals surface area contributed by atoms with Crippen LogP contribution in [0.15, 0.2) is 0 Å². The van der Waals surface area contributed by atoms with Crippen LogP contribution in [0, 0.1) is 5.92 Å². The van der Waals surface area contributed by atoms with E-state index in [2.05, 4.69) is 9.46 Å². The molecule has 0 fully saturated rings. The van der Waals surface area contributed by atoms with Crippen molar-refractivity contribution in [2.75, 3.05) is 18.7 Å². The number of nitrogens with one attached hydrogen (secondary N) is 1. The lowest BCUT2D eigenvalue weighted by Crippen LogP contribution is -2.45. The zero-order valence-corrected chi connectivity index (χ0v) is 12.0. The van der Waals surface area contributed by atoms with E-state index in [-0.39, 0.29) is 11.7 Å². The summed E-state index contributed by atoms with van der Waals surface area (Å²) in [5, 5.41) is 0. The average Bonchev–Trinajstić information content (AvgIpc) is 2.25. The van der Waals surface area contributed by atoms with E-state index in [1.165, 1.54) is 7.11 Å². The molecule has 7 heteroatoms. The Hall–Kier alpha value is -0.330. The second-order valence-electron chi connectivity index (χ2n) is 4.08. The van der Waals surface area contributed by atoms with Crippen molar-refractivity contribution in [2.45, 2.75) is 32.7 Å². The van der Waals surface area contributed by atoms with Gasteiger partial charge >= 0.3 is 5.97 Å². The van der Waals surface area contributed by atoms with Crippen LogP contribution in [0.5, 0.6) is 0 Å². The molecule has 0 radical (unpaired) electrons. The highest BCUT2D eigenvalue weighted by atomic mass is 35.5. The minimum Gasteiger partial charge on any atom is -0.468 e. The lowest BCUT2D eigenvalue weighted by molar-refractivity contribution is -0.143. The van der Waals surface area contributed by atoms with Crippen LogP contribution in [0.3, 0.4) is 0 Å². The second-order valence-corrected chi connectivity index (χ2v) is 6.33. The molecule has 0 aliphatic rings. The monoisotopic (exact) mass is 285 g/mol. The number of alkyl halides is 1. The fraction of sp³-hybridized carbons (Fsp3) is 0.900. The Morgan fingerprint density at radius 3 is 2.35 bits per heavy atom. The first-order chi connectivity index (χ1) is 7.84. The van der Waals surface area contributed by atoms with E-state index in [1.807, 2.05) is 0 Å². The molecular formula is C10H20ClNO4S. The number of ether oxygens (including phenoxy) is 1. The summed E-state index contributed by atoms with van der Waals surface area (Å²) >= 11 is 5.47. The van der Waals surface area contributed by atoms with Gasteiger partial charge in [0.2, 0.25) is 10.0 Å². The molecule has 1 atom stereocenters. The summed E-state index contributed by atoms with van der Waals surface area (Å²) in [7, 11) is -2.23. The predicted molar refractivity (Wildman–Crippen MR) is 67.5 cm³/mol. The van der Waals surface area contributed by atoms with Crippen LogP contribution >= 0.6 is 11.6 Å². The first kappa shape index (κ1) is 16.7. The number of hydrogen-bond donors (Lipinski definition) is 1. The van der Waals surface area contributed by atoms with Gasteiger partial charge in [-0.05, 0) is 18.8 Å². The lowest BCUT2D eigenvalue weighted by Gasteiger charge is -2.19. The van der Waals surface area contributed by atoms with Gasteiger partial charge in [0.15, 0.2) is 0 Å². The topological polar surface area (TPSA) is 72.5 Å². The van der Waals surface area contributed by atoms with Crippen LogP contribution in [0.1, 0.15) is 26.7 Å². The molecule has 0 heterocycles. The van der Waals surface area contributed by atoms with Gasteiger partial charge in [-0.2, -0.15) is 0 Å². The number of sulfonamides is 1. The molecule has 0 aliphatic carbocycles. The fourth-order valence-corrected chi connectivity index (χ4v) is 2.87. The van der Waals surface area contributed by atoms with E-state index in [0.717, 1.165) is 0 Å². The predicted octanol–water partition coefficient (Wildman–Crippen LogP) is 1.12. The van der Waals surface area contributed by atoms with E-state index in [9.17, 15) is 13.2 Å². The Balaban J connectivity index is 4.48. The van der Waals surface area contributed by atoms with Crippen molar-refractivity contribution < 1.29 is 17.9 Å². The third kappa shape index (κ3) is 6.85. The molecule has 102 valence electrons. The van der Waals surface area contributed by atoms with Crippen molar-refractivity contribution in [3.63, 3.8) is 0 Å². The molecule has 0 aromatic carbocycles. The fourth-order valence-electron chi connectivity index (χ4n) is 1.22. The number of esters is 1. The third-order valence-corrected chi connectivity index (χ3v) is 3.93. The molecule has 0 aromatic rings. The Morgan fingerprint density at radius 1 is 1.35 bits per heavy atom. The summed E-state index contributed by atoms with van der Waals surface area (Å²) in [5.41, 5.74) is 0. The highest BCUT2D eigenvalue weighted by Gasteiger charge is 2.27. The van der Waals surface area contributed by atoms with Crippen molar-refractivity contribution in [3.05, 3.63) is 0 Å². The molecule has 0 rings (SSSR count). The Bertz CT molecular complexity index is 329. The molecular weight excluding hydrogens is 266 g/mol. The van der Waals surface area contributed by atoms with Gasteiger partial charge in [0.1, 0.15) is 6.04 Å². The van der Waals surface area contributed by atoms with Crippen molar-refractivity contribution in [3.8, 4) is 0 Å². The van der Waals surface area contributed by atoms with E-state index >= 15 is 0 Å². The first-order valence-electron chi connectivity index (χ1n) is 5.48. The van der Waals surface area contributed by atoms with Gasteiger partial charge in [-0.15, -0.1) is 11.6 Å². The number of methoxy groups -OCH3 is 1. The Labute approximate surface area is 108 Å². The number of carbonyl (C=O) groups is 1. The van der Waals surface area contributed by atoms with Gasteiger partial charge in [0.25, 0.3) is 0 Å². The molecule has 0 bridgehead atoms. The van der Waals surface area contributed by atoms with Crippen LogP contribution in [0.2, 0.25) is 0 Å².